The van der Waals surface area contributed by atoms with Gasteiger partial charge in [-0.2, -0.15) is 0 Å². The zero-order chi connectivity index (χ0) is 15.4. The van der Waals surface area contributed by atoms with Crippen molar-refractivity contribution >= 4 is 11.9 Å². The molecule has 1 atom stereocenters. The highest BCUT2D eigenvalue weighted by molar-refractivity contribution is 5.99. The summed E-state index contributed by atoms with van der Waals surface area (Å²) in [5.41, 5.74) is 1.79. The largest absolute Gasteiger partial charge is 0.445 e. The van der Waals surface area contributed by atoms with Crippen molar-refractivity contribution in [3.05, 3.63) is 47.5 Å². The first-order valence-corrected chi connectivity index (χ1v) is 7.96. The minimum atomic E-state index is -0.311. The Morgan fingerprint density at radius 2 is 2.05 bits per heavy atom. The van der Waals surface area contributed by atoms with Crippen LogP contribution in [0.25, 0.3) is 0 Å². The smallest absolute Gasteiger partial charge is 0.410 e. The molecule has 0 aromatic heterocycles. The van der Waals surface area contributed by atoms with Crippen LogP contribution in [0.3, 0.4) is 0 Å². The van der Waals surface area contributed by atoms with Crippen molar-refractivity contribution in [2.45, 2.75) is 44.8 Å². The van der Waals surface area contributed by atoms with Gasteiger partial charge in [-0.15, -0.1) is 0 Å². The van der Waals surface area contributed by atoms with Gasteiger partial charge in [0.25, 0.3) is 0 Å². The lowest BCUT2D eigenvalue weighted by molar-refractivity contribution is -0.115. The Bertz CT molecular complexity index is 579. The van der Waals surface area contributed by atoms with E-state index in [9.17, 15) is 9.59 Å². The number of hydrogen-bond acceptors (Lipinski definition) is 3. The zero-order valence-electron chi connectivity index (χ0n) is 12.7. The highest BCUT2D eigenvalue weighted by Gasteiger charge is 2.34. The minimum Gasteiger partial charge on any atom is -0.445 e. The molecule has 116 valence electrons. The van der Waals surface area contributed by atoms with Crippen molar-refractivity contribution in [2.24, 2.45) is 0 Å². The van der Waals surface area contributed by atoms with Gasteiger partial charge in [-0.25, -0.2) is 4.79 Å². The summed E-state index contributed by atoms with van der Waals surface area (Å²) < 4.78 is 5.44. The number of rotatable bonds is 3. The van der Waals surface area contributed by atoms with E-state index in [0.29, 0.717) is 13.0 Å². The highest BCUT2D eigenvalue weighted by atomic mass is 16.6. The lowest BCUT2D eigenvalue weighted by atomic mass is 9.94. The number of carbonyl (C=O) groups is 2. The Labute approximate surface area is 130 Å². The van der Waals surface area contributed by atoms with Gasteiger partial charge >= 0.3 is 6.09 Å². The molecule has 3 rings (SSSR count). The number of Topliss-reactive ketones (excluding diaryl/α,β-unsaturated/α-hetero) is 1. The summed E-state index contributed by atoms with van der Waals surface area (Å²) in [5, 5.41) is 0. The van der Waals surface area contributed by atoms with E-state index in [1.165, 1.54) is 0 Å². The molecule has 1 aromatic carbocycles. The maximum absolute atomic E-state index is 12.4. The second-order valence-electron chi connectivity index (χ2n) is 5.87. The van der Waals surface area contributed by atoms with Gasteiger partial charge in [0.2, 0.25) is 0 Å². The fourth-order valence-electron chi connectivity index (χ4n) is 3.21. The third-order valence-electron chi connectivity index (χ3n) is 4.36. The van der Waals surface area contributed by atoms with Gasteiger partial charge in [-0.1, -0.05) is 36.4 Å². The van der Waals surface area contributed by atoms with E-state index in [-0.39, 0.29) is 24.5 Å². The summed E-state index contributed by atoms with van der Waals surface area (Å²) in [4.78, 5) is 26.1. The molecule has 1 aromatic rings. The van der Waals surface area contributed by atoms with Crippen LogP contribution in [0.1, 0.15) is 37.7 Å². The predicted molar refractivity (Wildman–Crippen MR) is 83.3 cm³/mol. The molecule has 1 aliphatic carbocycles. The van der Waals surface area contributed by atoms with Gasteiger partial charge in [0, 0.05) is 18.5 Å². The number of likely N-dealkylation sites (tertiary alicyclic amines) is 1. The molecule has 1 saturated heterocycles. The first-order valence-electron chi connectivity index (χ1n) is 7.96. The quantitative estimate of drug-likeness (QED) is 0.858. The summed E-state index contributed by atoms with van der Waals surface area (Å²) in [5.74, 6) is 0.188. The van der Waals surface area contributed by atoms with Crippen LogP contribution in [-0.2, 0) is 16.1 Å². The van der Waals surface area contributed by atoms with Crippen molar-refractivity contribution in [2.75, 3.05) is 6.54 Å². The number of benzene rings is 1. The summed E-state index contributed by atoms with van der Waals surface area (Å²) >= 11 is 0. The number of carbonyl (C=O) groups excluding carboxylic acids is 2. The van der Waals surface area contributed by atoms with Crippen LogP contribution in [0.2, 0.25) is 0 Å². The van der Waals surface area contributed by atoms with Gasteiger partial charge in [0.1, 0.15) is 6.61 Å². The number of nitrogens with zero attached hydrogens (tertiary/aromatic N) is 1. The Hall–Kier alpha value is -2.10. The highest BCUT2D eigenvalue weighted by Crippen LogP contribution is 2.29. The third-order valence-corrected chi connectivity index (χ3v) is 4.36. The Kier molecular flexibility index (Phi) is 4.56. The molecular formula is C18H21NO3. The molecular weight excluding hydrogens is 278 g/mol. The first-order chi connectivity index (χ1) is 10.8. The van der Waals surface area contributed by atoms with Gasteiger partial charge in [0.15, 0.2) is 5.78 Å². The van der Waals surface area contributed by atoms with Crippen molar-refractivity contribution < 1.29 is 14.3 Å². The molecule has 0 spiro atoms. The lowest BCUT2D eigenvalue weighted by Gasteiger charge is -2.35. The van der Waals surface area contributed by atoms with Gasteiger partial charge in [0.05, 0.1) is 6.04 Å². The number of amides is 1. The summed E-state index contributed by atoms with van der Waals surface area (Å²) in [6.45, 7) is 0.943. The molecule has 22 heavy (non-hydrogen) atoms. The van der Waals surface area contributed by atoms with Crippen molar-refractivity contribution in [3.8, 4) is 0 Å². The summed E-state index contributed by atoms with van der Waals surface area (Å²) in [7, 11) is 0. The minimum absolute atomic E-state index is 0.0907. The predicted octanol–water partition coefficient (Wildman–Crippen LogP) is 3.47. The lowest BCUT2D eigenvalue weighted by Crippen LogP contribution is -2.45. The van der Waals surface area contributed by atoms with Crippen LogP contribution < -0.4 is 0 Å². The Morgan fingerprint density at radius 1 is 1.23 bits per heavy atom. The monoisotopic (exact) mass is 299 g/mol. The van der Waals surface area contributed by atoms with E-state index in [2.05, 4.69) is 0 Å². The molecule has 0 radical (unpaired) electrons. The van der Waals surface area contributed by atoms with E-state index in [0.717, 1.165) is 36.8 Å². The molecule has 1 fully saturated rings. The van der Waals surface area contributed by atoms with E-state index >= 15 is 0 Å². The van der Waals surface area contributed by atoms with Crippen LogP contribution in [0, 0.1) is 0 Å². The normalized spacial score (nSPS) is 21.6. The maximum atomic E-state index is 12.4. The molecule has 0 saturated carbocycles. The van der Waals surface area contributed by atoms with Crippen LogP contribution in [0.15, 0.2) is 42.0 Å². The molecule has 0 N–H and O–H groups in total. The number of hydrogen-bond donors (Lipinski definition) is 0. The molecule has 2 aliphatic rings. The molecule has 4 nitrogen and oxygen atoms in total. The van der Waals surface area contributed by atoms with Crippen LogP contribution >= 0.6 is 0 Å². The average molecular weight is 299 g/mol. The Morgan fingerprint density at radius 3 is 2.77 bits per heavy atom. The molecule has 0 unspecified atom stereocenters. The molecule has 0 bridgehead atoms. The van der Waals surface area contributed by atoms with Crippen molar-refractivity contribution in [1.82, 2.24) is 4.90 Å². The first kappa shape index (κ1) is 14.8. The van der Waals surface area contributed by atoms with Crippen LogP contribution in [0.5, 0.6) is 0 Å². The van der Waals surface area contributed by atoms with Gasteiger partial charge in [-0.05, 0) is 31.2 Å². The number of ketones is 1. The van der Waals surface area contributed by atoms with E-state index in [4.69, 9.17) is 4.74 Å². The number of ether oxygens (including phenoxy) is 1. The van der Waals surface area contributed by atoms with Crippen LogP contribution in [0.4, 0.5) is 4.79 Å². The third kappa shape index (κ3) is 3.21. The fourth-order valence-corrected chi connectivity index (χ4v) is 3.21. The van der Waals surface area contributed by atoms with Gasteiger partial charge < -0.3 is 9.64 Å². The molecule has 4 heteroatoms. The molecule has 1 aliphatic heterocycles. The summed E-state index contributed by atoms with van der Waals surface area (Å²) in [6.07, 6.45) is 5.95. The van der Waals surface area contributed by atoms with Crippen molar-refractivity contribution in [1.29, 1.82) is 0 Å². The van der Waals surface area contributed by atoms with E-state index < -0.39 is 0 Å². The second-order valence-corrected chi connectivity index (χ2v) is 5.87. The van der Waals surface area contributed by atoms with E-state index in [1.54, 1.807) is 4.90 Å². The average Bonchev–Trinajstić information content (AvgIpc) is 2.99. The fraction of sp³-hybridized carbons (Fsp3) is 0.444. The molecule has 1 heterocycles. The summed E-state index contributed by atoms with van der Waals surface area (Å²) in [6, 6.07) is 9.56. The topological polar surface area (TPSA) is 46.6 Å². The zero-order valence-corrected chi connectivity index (χ0v) is 12.7. The maximum Gasteiger partial charge on any atom is 0.410 e. The second kappa shape index (κ2) is 6.77. The number of piperidine rings is 1. The number of allylic oxidation sites excluding steroid dienone is 1. The molecule has 1 amide bonds. The van der Waals surface area contributed by atoms with Gasteiger partial charge in [-0.3, -0.25) is 4.79 Å². The Balaban J connectivity index is 1.65. The SMILES string of the molecule is O=C1CCC=C1[C@@H]1CCCCN1C(=O)OCc1ccccc1. The standard InChI is InChI=1S/C18H21NO3/c20-17-11-6-9-15(17)16-10-4-5-12-19(16)18(21)22-13-14-7-2-1-3-8-14/h1-3,7-9,16H,4-6,10-13H2/t16-/m0/s1. The van der Waals surface area contributed by atoms with Crippen LogP contribution in [-0.4, -0.2) is 29.4 Å². The van der Waals surface area contributed by atoms with E-state index in [1.807, 2.05) is 36.4 Å². The van der Waals surface area contributed by atoms with Crippen molar-refractivity contribution in [3.63, 3.8) is 0 Å².